The number of nitrogens with one attached hydrogen (secondary N) is 2. The van der Waals surface area contributed by atoms with Gasteiger partial charge in [-0.25, -0.2) is 4.39 Å². The zero-order valence-electron chi connectivity index (χ0n) is 8.20. The van der Waals surface area contributed by atoms with Crippen molar-refractivity contribution in [2.45, 2.75) is 25.2 Å². The van der Waals surface area contributed by atoms with Gasteiger partial charge in [0, 0.05) is 17.8 Å². The van der Waals surface area contributed by atoms with E-state index in [2.05, 4.69) is 10.6 Å². The normalized spacial score (nSPS) is 25.4. The van der Waals surface area contributed by atoms with Gasteiger partial charge in [0.05, 0.1) is 12.6 Å². The Morgan fingerprint density at radius 1 is 1.73 bits per heavy atom. The molecule has 1 saturated heterocycles. The highest BCUT2D eigenvalue weighted by molar-refractivity contribution is 7.09. The molecule has 15 heavy (non-hydrogen) atoms. The van der Waals surface area contributed by atoms with Crippen molar-refractivity contribution in [3.8, 4) is 0 Å². The molecule has 3 nitrogen and oxygen atoms in total. The fourth-order valence-corrected chi connectivity index (χ4v) is 2.25. The second-order valence-electron chi connectivity index (χ2n) is 3.59. The van der Waals surface area contributed by atoms with Crippen LogP contribution in [0, 0.1) is 0 Å². The van der Waals surface area contributed by atoms with Crippen LogP contribution in [0.1, 0.15) is 11.3 Å². The summed E-state index contributed by atoms with van der Waals surface area (Å²) in [6, 6.07) is 3.54. The van der Waals surface area contributed by atoms with E-state index in [0.717, 1.165) is 4.88 Å². The summed E-state index contributed by atoms with van der Waals surface area (Å²) in [5, 5.41) is 7.61. The first-order chi connectivity index (χ1) is 7.25. The van der Waals surface area contributed by atoms with Crippen LogP contribution in [0.3, 0.4) is 0 Å². The molecule has 0 aromatic carbocycles. The molecular formula is C10H13FN2OS. The number of carbonyl (C=O) groups is 1. The molecule has 0 radical (unpaired) electrons. The van der Waals surface area contributed by atoms with Crippen LogP contribution < -0.4 is 10.6 Å². The van der Waals surface area contributed by atoms with Crippen molar-refractivity contribution in [2.75, 3.05) is 6.54 Å². The van der Waals surface area contributed by atoms with Crippen molar-refractivity contribution in [3.05, 3.63) is 22.4 Å². The Balaban J connectivity index is 1.78. The maximum Gasteiger partial charge on any atom is 0.237 e. The monoisotopic (exact) mass is 228 g/mol. The van der Waals surface area contributed by atoms with Crippen molar-refractivity contribution in [2.24, 2.45) is 0 Å². The molecule has 0 unspecified atom stereocenters. The summed E-state index contributed by atoms with van der Waals surface area (Å²) in [7, 11) is 0. The summed E-state index contributed by atoms with van der Waals surface area (Å²) in [6.07, 6.45) is -0.599. The Morgan fingerprint density at radius 3 is 3.20 bits per heavy atom. The first kappa shape index (κ1) is 10.6. The van der Waals surface area contributed by atoms with E-state index in [1.54, 1.807) is 11.3 Å². The first-order valence-electron chi connectivity index (χ1n) is 4.93. The van der Waals surface area contributed by atoms with Crippen molar-refractivity contribution in [1.82, 2.24) is 10.6 Å². The van der Waals surface area contributed by atoms with Crippen molar-refractivity contribution < 1.29 is 9.18 Å². The molecule has 5 heteroatoms. The van der Waals surface area contributed by atoms with E-state index in [9.17, 15) is 9.18 Å². The zero-order chi connectivity index (χ0) is 10.7. The third-order valence-electron chi connectivity index (χ3n) is 2.41. The molecule has 1 aromatic heterocycles. The predicted molar refractivity (Wildman–Crippen MR) is 57.5 cm³/mol. The van der Waals surface area contributed by atoms with Crippen LogP contribution >= 0.6 is 11.3 Å². The average Bonchev–Trinajstić information content (AvgIpc) is 2.84. The highest BCUT2D eigenvalue weighted by atomic mass is 32.1. The van der Waals surface area contributed by atoms with E-state index in [-0.39, 0.29) is 24.9 Å². The van der Waals surface area contributed by atoms with Gasteiger partial charge >= 0.3 is 0 Å². The van der Waals surface area contributed by atoms with Gasteiger partial charge in [0.15, 0.2) is 0 Å². The minimum absolute atomic E-state index is 0.108. The lowest BCUT2D eigenvalue weighted by atomic mass is 10.2. The minimum Gasteiger partial charge on any atom is -0.350 e. The number of hydrogen-bond donors (Lipinski definition) is 2. The lowest BCUT2D eigenvalue weighted by Gasteiger charge is -2.09. The molecule has 1 aliphatic heterocycles. The summed E-state index contributed by atoms with van der Waals surface area (Å²) < 4.78 is 12.8. The number of carbonyl (C=O) groups excluding carboxylic acids is 1. The third kappa shape index (κ3) is 2.76. The molecule has 2 atom stereocenters. The standard InChI is InChI=1S/C10H13FN2OS/c11-7-4-9(12-5-7)10(14)13-6-8-2-1-3-15-8/h1-3,7,9,12H,4-6H2,(H,13,14)/t7-,9+/m0/s1. The van der Waals surface area contributed by atoms with Crippen LogP contribution in [0.15, 0.2) is 17.5 Å². The number of hydrogen-bond acceptors (Lipinski definition) is 3. The third-order valence-corrected chi connectivity index (χ3v) is 3.29. The number of rotatable bonds is 3. The van der Waals surface area contributed by atoms with E-state index >= 15 is 0 Å². The Labute approximate surface area is 91.7 Å². The molecule has 2 rings (SSSR count). The molecule has 1 fully saturated rings. The van der Waals surface area contributed by atoms with Gasteiger partial charge in [0.25, 0.3) is 0 Å². The highest BCUT2D eigenvalue weighted by Gasteiger charge is 2.28. The van der Waals surface area contributed by atoms with Gasteiger partial charge in [0.2, 0.25) is 5.91 Å². The summed E-state index contributed by atoms with van der Waals surface area (Å²) in [6.45, 7) is 0.822. The molecule has 2 heterocycles. The first-order valence-corrected chi connectivity index (χ1v) is 5.81. The Hall–Kier alpha value is -0.940. The number of alkyl halides is 1. The highest BCUT2D eigenvalue weighted by Crippen LogP contribution is 2.11. The van der Waals surface area contributed by atoms with Gasteiger partial charge in [-0.3, -0.25) is 4.79 Å². The van der Waals surface area contributed by atoms with Crippen LogP contribution in [-0.4, -0.2) is 24.7 Å². The molecule has 1 aromatic rings. The Kier molecular flexibility index (Phi) is 3.33. The zero-order valence-corrected chi connectivity index (χ0v) is 9.02. The van der Waals surface area contributed by atoms with E-state index in [1.165, 1.54) is 0 Å². The number of thiophene rings is 1. The molecule has 2 N–H and O–H groups in total. The van der Waals surface area contributed by atoms with Gasteiger partial charge in [0.1, 0.15) is 6.17 Å². The SMILES string of the molecule is O=C(NCc1cccs1)[C@H]1C[C@H](F)CN1. The number of amides is 1. The fourth-order valence-electron chi connectivity index (χ4n) is 1.60. The van der Waals surface area contributed by atoms with Crippen molar-refractivity contribution >= 4 is 17.2 Å². The summed E-state index contributed by atoms with van der Waals surface area (Å²) in [5.41, 5.74) is 0. The van der Waals surface area contributed by atoms with Crippen LogP contribution in [0.5, 0.6) is 0 Å². The van der Waals surface area contributed by atoms with Crippen LogP contribution in [-0.2, 0) is 11.3 Å². The van der Waals surface area contributed by atoms with Crippen LogP contribution in [0.2, 0.25) is 0 Å². The van der Waals surface area contributed by atoms with Crippen molar-refractivity contribution in [1.29, 1.82) is 0 Å². The Bertz CT molecular complexity index is 328. The van der Waals surface area contributed by atoms with Gasteiger partial charge in [-0.1, -0.05) is 6.07 Å². The van der Waals surface area contributed by atoms with E-state index < -0.39 is 6.17 Å². The van der Waals surface area contributed by atoms with E-state index in [0.29, 0.717) is 6.54 Å². The van der Waals surface area contributed by atoms with Gasteiger partial charge in [-0.2, -0.15) is 0 Å². The molecular weight excluding hydrogens is 215 g/mol. The molecule has 0 spiro atoms. The molecule has 1 amide bonds. The lowest BCUT2D eigenvalue weighted by Crippen LogP contribution is -2.39. The van der Waals surface area contributed by atoms with E-state index in [1.807, 2.05) is 17.5 Å². The summed E-state index contributed by atoms with van der Waals surface area (Å²) >= 11 is 1.60. The van der Waals surface area contributed by atoms with Crippen molar-refractivity contribution in [3.63, 3.8) is 0 Å². The van der Waals surface area contributed by atoms with Gasteiger partial charge in [-0.05, 0) is 11.4 Å². The topological polar surface area (TPSA) is 41.1 Å². The van der Waals surface area contributed by atoms with E-state index in [4.69, 9.17) is 0 Å². The molecule has 0 bridgehead atoms. The predicted octanol–water partition coefficient (Wildman–Crippen LogP) is 1.06. The number of halogens is 1. The lowest BCUT2D eigenvalue weighted by molar-refractivity contribution is -0.123. The quantitative estimate of drug-likeness (QED) is 0.812. The second kappa shape index (κ2) is 4.72. The summed E-state index contributed by atoms with van der Waals surface area (Å²) in [5.74, 6) is -0.108. The molecule has 0 saturated carbocycles. The minimum atomic E-state index is -0.887. The molecule has 82 valence electrons. The fraction of sp³-hybridized carbons (Fsp3) is 0.500. The maximum atomic E-state index is 12.8. The second-order valence-corrected chi connectivity index (χ2v) is 4.62. The smallest absolute Gasteiger partial charge is 0.237 e. The average molecular weight is 228 g/mol. The van der Waals surface area contributed by atoms with Crippen LogP contribution in [0.4, 0.5) is 4.39 Å². The van der Waals surface area contributed by atoms with Gasteiger partial charge < -0.3 is 10.6 Å². The summed E-state index contributed by atoms with van der Waals surface area (Å²) in [4.78, 5) is 12.7. The Morgan fingerprint density at radius 2 is 2.60 bits per heavy atom. The molecule has 1 aliphatic rings. The van der Waals surface area contributed by atoms with Crippen LogP contribution in [0.25, 0.3) is 0 Å². The maximum absolute atomic E-state index is 12.8. The molecule has 0 aliphatic carbocycles. The van der Waals surface area contributed by atoms with Gasteiger partial charge in [-0.15, -0.1) is 11.3 Å². The largest absolute Gasteiger partial charge is 0.350 e.